The molecule has 0 spiro atoms. The SMILES string of the molecule is CCCc1c(CC(C)C)c(CC(C)C)c(CC(C)C)c(CCC)c1-c1cnn(-c2cccc(Oc3ccc4c5ccccc5n(-c5cc(C)ccn5)c4c3)c2)c1. The zero-order chi connectivity index (χ0) is 39.5. The van der Waals surface area contributed by atoms with Crippen LogP contribution in [0.1, 0.15) is 102 Å². The van der Waals surface area contributed by atoms with E-state index in [1.54, 1.807) is 27.8 Å². The third-order valence-electron chi connectivity index (χ3n) is 10.9. The number of nitrogens with zero attached hydrogens (tertiary/aromatic N) is 4. The Kier molecular flexibility index (Phi) is 11.8. The van der Waals surface area contributed by atoms with Crippen molar-refractivity contribution in [2.75, 3.05) is 0 Å². The molecular weight excluding hydrogens is 685 g/mol. The maximum absolute atomic E-state index is 6.63. The summed E-state index contributed by atoms with van der Waals surface area (Å²) in [5.41, 5.74) is 15.0. The molecule has 0 fully saturated rings. The van der Waals surface area contributed by atoms with Gasteiger partial charge in [0.2, 0.25) is 0 Å². The second-order valence-corrected chi connectivity index (χ2v) is 17.1. The zero-order valence-corrected chi connectivity index (χ0v) is 35.1. The lowest BCUT2D eigenvalue weighted by Gasteiger charge is -2.29. The zero-order valence-electron chi connectivity index (χ0n) is 35.1. The number of rotatable bonds is 15. The fraction of sp³-hybridized carbons (Fsp3) is 0.373. The van der Waals surface area contributed by atoms with Crippen molar-refractivity contribution in [2.45, 2.75) is 107 Å². The molecule has 5 heteroatoms. The predicted molar refractivity (Wildman–Crippen MR) is 236 cm³/mol. The van der Waals surface area contributed by atoms with Gasteiger partial charge in [0.25, 0.3) is 0 Å². The van der Waals surface area contributed by atoms with E-state index in [9.17, 15) is 0 Å². The van der Waals surface area contributed by atoms with Gasteiger partial charge in [-0.3, -0.25) is 4.57 Å². The normalized spacial score (nSPS) is 11.9. The maximum atomic E-state index is 6.63. The average Bonchev–Trinajstić information content (AvgIpc) is 3.77. The maximum Gasteiger partial charge on any atom is 0.137 e. The molecule has 0 aliphatic carbocycles. The van der Waals surface area contributed by atoms with Crippen LogP contribution in [0.2, 0.25) is 0 Å². The van der Waals surface area contributed by atoms with Gasteiger partial charge < -0.3 is 4.74 Å². The van der Waals surface area contributed by atoms with Crippen LogP contribution in [0.5, 0.6) is 11.5 Å². The molecule has 0 aliphatic rings. The van der Waals surface area contributed by atoms with Crippen molar-refractivity contribution < 1.29 is 4.74 Å². The summed E-state index contributed by atoms with van der Waals surface area (Å²) in [6, 6.07) is 27.4. The first-order valence-corrected chi connectivity index (χ1v) is 21.0. The molecule has 0 unspecified atom stereocenters. The molecule has 0 radical (unpaired) electrons. The molecule has 0 atom stereocenters. The largest absolute Gasteiger partial charge is 0.457 e. The highest BCUT2D eigenvalue weighted by Crippen LogP contribution is 2.41. The van der Waals surface area contributed by atoms with Crippen LogP contribution in [0.3, 0.4) is 0 Å². The predicted octanol–water partition coefficient (Wildman–Crippen LogP) is 13.6. The van der Waals surface area contributed by atoms with E-state index >= 15 is 0 Å². The Morgan fingerprint density at radius 2 is 1.25 bits per heavy atom. The first-order chi connectivity index (χ1) is 27.1. The molecule has 0 aliphatic heterocycles. The number of fused-ring (bicyclic) bond motifs is 3. The number of aromatic nitrogens is 4. The minimum atomic E-state index is 0.585. The van der Waals surface area contributed by atoms with Gasteiger partial charge in [-0.1, -0.05) is 92.5 Å². The van der Waals surface area contributed by atoms with Gasteiger partial charge in [-0.05, 0) is 138 Å². The Morgan fingerprint density at radius 3 is 1.89 bits per heavy atom. The Hall–Kier alpha value is -5.16. The van der Waals surface area contributed by atoms with E-state index in [1.165, 1.54) is 27.5 Å². The molecule has 290 valence electrons. The number of hydrogen-bond donors (Lipinski definition) is 0. The van der Waals surface area contributed by atoms with Crippen molar-refractivity contribution in [3.8, 4) is 34.1 Å². The van der Waals surface area contributed by atoms with Gasteiger partial charge in [0.15, 0.2) is 0 Å². The molecule has 7 aromatic rings. The quantitative estimate of drug-likeness (QED) is 0.105. The van der Waals surface area contributed by atoms with Crippen LogP contribution in [-0.4, -0.2) is 19.3 Å². The highest BCUT2D eigenvalue weighted by molar-refractivity contribution is 6.09. The summed E-state index contributed by atoms with van der Waals surface area (Å²) < 4.78 is 10.9. The van der Waals surface area contributed by atoms with Gasteiger partial charge in [-0.15, -0.1) is 0 Å². The van der Waals surface area contributed by atoms with Crippen molar-refractivity contribution in [1.82, 2.24) is 19.3 Å². The molecular formula is C51H60N4O. The molecule has 0 bridgehead atoms. The lowest BCUT2D eigenvalue weighted by molar-refractivity contribution is 0.483. The van der Waals surface area contributed by atoms with Crippen LogP contribution in [0.15, 0.2) is 97.5 Å². The molecule has 0 N–H and O–H groups in total. The van der Waals surface area contributed by atoms with Gasteiger partial charge in [0.1, 0.15) is 17.3 Å². The number of hydrogen-bond acceptors (Lipinski definition) is 3. The lowest BCUT2D eigenvalue weighted by Crippen LogP contribution is -2.16. The number of pyridine rings is 1. The van der Waals surface area contributed by atoms with Crippen molar-refractivity contribution in [1.29, 1.82) is 0 Å². The van der Waals surface area contributed by atoms with E-state index in [0.29, 0.717) is 17.8 Å². The summed E-state index contributed by atoms with van der Waals surface area (Å²) in [6.45, 7) is 21.0. The van der Waals surface area contributed by atoms with Crippen LogP contribution >= 0.6 is 0 Å². The number of aryl methyl sites for hydroxylation is 1. The van der Waals surface area contributed by atoms with Gasteiger partial charge in [0.05, 0.1) is 22.9 Å². The van der Waals surface area contributed by atoms with Crippen LogP contribution in [0.25, 0.3) is 44.4 Å². The molecule has 56 heavy (non-hydrogen) atoms. The van der Waals surface area contributed by atoms with Crippen molar-refractivity contribution in [2.24, 2.45) is 17.8 Å². The Morgan fingerprint density at radius 1 is 0.625 bits per heavy atom. The number of benzene rings is 4. The van der Waals surface area contributed by atoms with Crippen LogP contribution in [0, 0.1) is 24.7 Å². The highest BCUT2D eigenvalue weighted by Gasteiger charge is 2.26. The van der Waals surface area contributed by atoms with Gasteiger partial charge in [-0.2, -0.15) is 5.10 Å². The molecule has 0 saturated heterocycles. The first kappa shape index (κ1) is 39.1. The molecule has 7 rings (SSSR count). The van der Waals surface area contributed by atoms with E-state index in [4.69, 9.17) is 14.8 Å². The summed E-state index contributed by atoms with van der Waals surface area (Å²) in [7, 11) is 0. The lowest BCUT2D eigenvalue weighted by atomic mass is 9.75. The minimum Gasteiger partial charge on any atom is -0.457 e. The van der Waals surface area contributed by atoms with Crippen molar-refractivity contribution >= 4 is 21.8 Å². The van der Waals surface area contributed by atoms with Gasteiger partial charge >= 0.3 is 0 Å². The Labute approximate surface area is 334 Å². The summed E-state index contributed by atoms with van der Waals surface area (Å²) in [4.78, 5) is 4.76. The summed E-state index contributed by atoms with van der Waals surface area (Å²) in [5, 5.41) is 7.40. The van der Waals surface area contributed by atoms with Gasteiger partial charge in [0, 0.05) is 40.9 Å². The number of ether oxygens (including phenoxy) is 1. The second-order valence-electron chi connectivity index (χ2n) is 17.1. The fourth-order valence-electron chi connectivity index (χ4n) is 8.72. The van der Waals surface area contributed by atoms with E-state index < -0.39 is 0 Å². The highest BCUT2D eigenvalue weighted by atomic mass is 16.5. The summed E-state index contributed by atoms with van der Waals surface area (Å²) in [5.74, 6) is 4.22. The number of para-hydroxylation sites is 1. The van der Waals surface area contributed by atoms with Crippen molar-refractivity contribution in [3.05, 3.63) is 131 Å². The Bertz CT molecular complexity index is 2420. The average molecular weight is 745 g/mol. The van der Waals surface area contributed by atoms with Crippen molar-refractivity contribution in [3.63, 3.8) is 0 Å². The topological polar surface area (TPSA) is 44.9 Å². The molecule has 3 aromatic heterocycles. The minimum absolute atomic E-state index is 0.585. The Balaban J connectivity index is 1.30. The third kappa shape index (κ3) is 8.05. The monoisotopic (exact) mass is 744 g/mol. The van der Waals surface area contributed by atoms with E-state index in [1.807, 2.05) is 23.0 Å². The third-order valence-corrected chi connectivity index (χ3v) is 10.9. The second kappa shape index (κ2) is 16.9. The molecule has 4 aromatic carbocycles. The van der Waals surface area contributed by atoms with Crippen LogP contribution in [-0.2, 0) is 32.1 Å². The van der Waals surface area contributed by atoms with E-state index in [0.717, 1.165) is 79.0 Å². The smallest absolute Gasteiger partial charge is 0.137 e. The van der Waals surface area contributed by atoms with Crippen LogP contribution < -0.4 is 4.74 Å². The first-order valence-electron chi connectivity index (χ1n) is 21.0. The molecule has 3 heterocycles. The summed E-state index contributed by atoms with van der Waals surface area (Å²) >= 11 is 0. The molecule has 0 saturated carbocycles. The summed E-state index contributed by atoms with van der Waals surface area (Å²) in [6.07, 6.45) is 14.0. The fourth-order valence-corrected chi connectivity index (χ4v) is 8.72. The standard InChI is InChI=1S/C51H60N4O/c1-10-15-43-45(25-33(3)4)47(27-35(7)8)46(26-34(5)6)44(16-11-2)51(43)37-31-53-54(32-37)38-17-14-18-39(29-38)56-40-21-22-42-41-19-12-13-20-48(41)55(49(42)30-40)50-28-36(9)23-24-52-50/h12-14,17-24,28-35H,10-11,15-16,25-27H2,1-9H3. The van der Waals surface area contributed by atoms with Crippen LogP contribution in [0.4, 0.5) is 0 Å². The molecule has 0 amide bonds. The van der Waals surface area contributed by atoms with Gasteiger partial charge in [-0.25, -0.2) is 9.67 Å². The van der Waals surface area contributed by atoms with E-state index in [-0.39, 0.29) is 0 Å². The molecule has 5 nitrogen and oxygen atoms in total. The van der Waals surface area contributed by atoms with E-state index in [2.05, 4.69) is 146 Å².